The number of esters is 1. The van der Waals surface area contributed by atoms with Gasteiger partial charge in [0.05, 0.1) is 35.4 Å². The molecule has 2 heterocycles. The second-order valence-corrected chi connectivity index (χ2v) is 10.00. The number of halogens is 1. The predicted octanol–water partition coefficient (Wildman–Crippen LogP) is 5.61. The van der Waals surface area contributed by atoms with Gasteiger partial charge in [0.1, 0.15) is 5.75 Å². The van der Waals surface area contributed by atoms with E-state index in [4.69, 9.17) is 26.1 Å². The van der Waals surface area contributed by atoms with E-state index < -0.39 is 0 Å². The molecule has 170 valence electrons. The van der Waals surface area contributed by atoms with Crippen LogP contribution in [0.4, 0.5) is 0 Å². The molecule has 0 amide bonds. The third kappa shape index (κ3) is 5.25. The largest absolute Gasteiger partial charge is 0.494 e. The number of carbonyl (C=O) groups is 1. The third-order valence-corrected chi connectivity index (χ3v) is 8.03. The number of rotatable bonds is 8. The normalized spacial score (nSPS) is 16.6. The van der Waals surface area contributed by atoms with Crippen molar-refractivity contribution in [3.63, 3.8) is 0 Å². The fourth-order valence-corrected chi connectivity index (χ4v) is 5.98. The Kier molecular flexibility index (Phi) is 7.33. The molecule has 4 rings (SSSR count). The minimum Gasteiger partial charge on any atom is -0.494 e. The molecule has 1 fully saturated rings. The summed E-state index contributed by atoms with van der Waals surface area (Å²) in [5.41, 5.74) is 2.04. The van der Waals surface area contributed by atoms with Gasteiger partial charge in [0.2, 0.25) is 0 Å². The van der Waals surface area contributed by atoms with Crippen LogP contribution in [-0.2, 0) is 16.0 Å². The summed E-state index contributed by atoms with van der Waals surface area (Å²) in [4.78, 5) is 16.5. The number of aromatic nitrogens is 1. The lowest BCUT2D eigenvalue weighted by molar-refractivity contribution is -0.139. The topological polar surface area (TPSA) is 60.5 Å². The van der Waals surface area contributed by atoms with Gasteiger partial charge in [-0.05, 0) is 73.7 Å². The quantitative estimate of drug-likeness (QED) is 0.432. The molecule has 5 nitrogen and oxygen atoms in total. The van der Waals surface area contributed by atoms with Gasteiger partial charge in [0, 0.05) is 10.9 Å². The molecule has 1 aliphatic heterocycles. The number of fused-ring (bicyclic) bond motifs is 1. The zero-order valence-electron chi connectivity index (χ0n) is 18.5. The van der Waals surface area contributed by atoms with Crippen molar-refractivity contribution in [2.24, 2.45) is 5.41 Å². The molecule has 2 aromatic carbocycles. The van der Waals surface area contributed by atoms with Crippen molar-refractivity contribution < 1.29 is 14.3 Å². The van der Waals surface area contributed by atoms with E-state index in [1.807, 2.05) is 42.5 Å². The lowest BCUT2D eigenvalue weighted by Gasteiger charge is -2.42. The molecule has 0 aliphatic carbocycles. The van der Waals surface area contributed by atoms with Crippen molar-refractivity contribution in [1.29, 1.82) is 0 Å². The smallest absolute Gasteiger partial charge is 0.309 e. The first-order valence-electron chi connectivity index (χ1n) is 11.0. The van der Waals surface area contributed by atoms with Crippen LogP contribution in [0.1, 0.15) is 42.7 Å². The van der Waals surface area contributed by atoms with E-state index >= 15 is 0 Å². The van der Waals surface area contributed by atoms with Crippen LogP contribution in [0.5, 0.6) is 5.75 Å². The average molecular weight is 473 g/mol. The Morgan fingerprint density at radius 3 is 2.84 bits per heavy atom. The van der Waals surface area contributed by atoms with Gasteiger partial charge in [-0.15, -0.1) is 11.3 Å². The molecule has 7 heteroatoms. The first-order chi connectivity index (χ1) is 15.5. The molecule has 1 aromatic heterocycles. The molecule has 0 spiro atoms. The second kappa shape index (κ2) is 10.2. The van der Waals surface area contributed by atoms with Gasteiger partial charge < -0.3 is 14.8 Å². The number of piperidine rings is 1. The van der Waals surface area contributed by atoms with E-state index in [9.17, 15) is 4.79 Å². The highest BCUT2D eigenvalue weighted by Crippen LogP contribution is 2.47. The number of ether oxygens (including phenoxy) is 2. The number of nitrogens with one attached hydrogen (secondary N) is 1. The summed E-state index contributed by atoms with van der Waals surface area (Å²) in [6, 6.07) is 13.6. The number of hydrogen-bond acceptors (Lipinski definition) is 6. The highest BCUT2D eigenvalue weighted by Gasteiger charge is 2.39. The van der Waals surface area contributed by atoms with E-state index in [0.29, 0.717) is 12.5 Å². The summed E-state index contributed by atoms with van der Waals surface area (Å²) in [5, 5.41) is 5.42. The molecular formula is C25H29ClN2O3S. The molecule has 0 saturated carbocycles. The third-order valence-electron chi connectivity index (χ3n) is 6.60. The van der Waals surface area contributed by atoms with Gasteiger partial charge in [-0.25, -0.2) is 4.98 Å². The standard InChI is InChI=1S/C25H29ClN2O3S/c1-17(24-28-21-7-6-19(26)16-22(21)32-24)25(8-11-27-12-9-25)10-13-31-20-5-3-4-18(14-20)15-23(29)30-2/h3-7,14,16-17,27H,8-13,15H2,1-2H3. The Balaban J connectivity index is 1.47. The van der Waals surface area contributed by atoms with Crippen molar-refractivity contribution in [2.45, 2.75) is 38.5 Å². The molecule has 1 N–H and O–H groups in total. The molecule has 1 saturated heterocycles. The van der Waals surface area contributed by atoms with Crippen LogP contribution in [0.2, 0.25) is 5.02 Å². The number of nitrogens with zero attached hydrogens (tertiary/aromatic N) is 1. The summed E-state index contributed by atoms with van der Waals surface area (Å²) in [5.74, 6) is 0.870. The van der Waals surface area contributed by atoms with Gasteiger partial charge >= 0.3 is 5.97 Å². The van der Waals surface area contributed by atoms with Crippen LogP contribution >= 0.6 is 22.9 Å². The van der Waals surface area contributed by atoms with Crippen molar-refractivity contribution >= 4 is 39.1 Å². The molecule has 3 aromatic rings. The van der Waals surface area contributed by atoms with Gasteiger partial charge in [-0.1, -0.05) is 30.7 Å². The predicted molar refractivity (Wildman–Crippen MR) is 130 cm³/mol. The minimum absolute atomic E-state index is 0.131. The molecular weight excluding hydrogens is 444 g/mol. The zero-order chi connectivity index (χ0) is 22.6. The number of thiazole rings is 1. The zero-order valence-corrected chi connectivity index (χ0v) is 20.1. The number of carbonyl (C=O) groups excluding carboxylic acids is 1. The first kappa shape index (κ1) is 23.0. The molecule has 1 atom stereocenters. The monoisotopic (exact) mass is 472 g/mol. The average Bonchev–Trinajstić information content (AvgIpc) is 3.22. The van der Waals surface area contributed by atoms with E-state index in [1.54, 1.807) is 11.3 Å². The highest BCUT2D eigenvalue weighted by molar-refractivity contribution is 7.18. The van der Waals surface area contributed by atoms with Crippen molar-refractivity contribution in [3.05, 3.63) is 58.1 Å². The molecule has 1 unspecified atom stereocenters. The van der Waals surface area contributed by atoms with Crippen molar-refractivity contribution in [3.8, 4) is 5.75 Å². The minimum atomic E-state index is -0.248. The fourth-order valence-electron chi connectivity index (χ4n) is 4.54. The molecule has 1 aliphatic rings. The molecule has 32 heavy (non-hydrogen) atoms. The summed E-state index contributed by atoms with van der Waals surface area (Å²) < 4.78 is 12.1. The fraction of sp³-hybridized carbons (Fsp3) is 0.440. The van der Waals surface area contributed by atoms with Gasteiger partial charge in [-0.3, -0.25) is 4.79 Å². The van der Waals surface area contributed by atoms with Crippen LogP contribution in [0.15, 0.2) is 42.5 Å². The molecule has 0 radical (unpaired) electrons. The summed E-state index contributed by atoms with van der Waals surface area (Å²) in [7, 11) is 1.41. The molecule has 0 bridgehead atoms. The van der Waals surface area contributed by atoms with Gasteiger partial charge in [0.15, 0.2) is 0 Å². The Morgan fingerprint density at radius 1 is 1.25 bits per heavy atom. The van der Waals surface area contributed by atoms with Crippen LogP contribution in [0, 0.1) is 5.41 Å². The van der Waals surface area contributed by atoms with E-state index in [0.717, 1.165) is 58.9 Å². The Hall–Kier alpha value is -2.15. The van der Waals surface area contributed by atoms with Crippen LogP contribution in [0.3, 0.4) is 0 Å². The number of benzene rings is 2. The Labute approximate surface area is 198 Å². The first-order valence-corrected chi connectivity index (χ1v) is 12.2. The van der Waals surface area contributed by atoms with E-state index in [1.165, 1.54) is 12.1 Å². The maximum Gasteiger partial charge on any atom is 0.309 e. The SMILES string of the molecule is COC(=O)Cc1cccc(OCCC2(C(C)c3nc4ccc(Cl)cc4s3)CCNCC2)c1. The number of hydrogen-bond donors (Lipinski definition) is 1. The number of methoxy groups -OCH3 is 1. The summed E-state index contributed by atoms with van der Waals surface area (Å²) in [6.07, 6.45) is 3.39. The lowest BCUT2D eigenvalue weighted by Crippen LogP contribution is -2.41. The highest BCUT2D eigenvalue weighted by atomic mass is 35.5. The van der Waals surface area contributed by atoms with E-state index in [-0.39, 0.29) is 17.8 Å². The van der Waals surface area contributed by atoms with Gasteiger partial charge in [-0.2, -0.15) is 0 Å². The second-order valence-electron chi connectivity index (χ2n) is 8.50. The lowest BCUT2D eigenvalue weighted by atomic mass is 9.68. The van der Waals surface area contributed by atoms with Crippen molar-refractivity contribution in [2.75, 3.05) is 26.8 Å². The van der Waals surface area contributed by atoms with Gasteiger partial charge in [0.25, 0.3) is 0 Å². The van der Waals surface area contributed by atoms with Crippen LogP contribution in [-0.4, -0.2) is 37.8 Å². The van der Waals surface area contributed by atoms with Crippen LogP contribution in [0.25, 0.3) is 10.2 Å². The summed E-state index contributed by atoms with van der Waals surface area (Å²) >= 11 is 7.94. The Bertz CT molecular complexity index is 1080. The van der Waals surface area contributed by atoms with Crippen molar-refractivity contribution in [1.82, 2.24) is 10.3 Å². The Morgan fingerprint density at radius 2 is 2.06 bits per heavy atom. The summed E-state index contributed by atoms with van der Waals surface area (Å²) in [6.45, 7) is 4.95. The van der Waals surface area contributed by atoms with Crippen LogP contribution < -0.4 is 10.1 Å². The maximum absolute atomic E-state index is 11.6. The maximum atomic E-state index is 11.6. The van der Waals surface area contributed by atoms with E-state index in [2.05, 4.69) is 12.2 Å².